The first-order valence-electron chi connectivity index (χ1n) is 11.2. The molecule has 2 fully saturated rings. The molecule has 4 rings (SSSR count). The van der Waals surface area contributed by atoms with E-state index in [0.717, 1.165) is 15.5 Å². The van der Waals surface area contributed by atoms with Crippen LogP contribution in [-0.2, 0) is 9.53 Å². The second-order valence-electron chi connectivity index (χ2n) is 10.0. The zero-order valence-corrected chi connectivity index (χ0v) is 21.2. The van der Waals surface area contributed by atoms with Gasteiger partial charge in [-0.25, -0.2) is 14.6 Å². The van der Waals surface area contributed by atoms with Crippen LogP contribution in [0.25, 0.3) is 11.0 Å². The van der Waals surface area contributed by atoms with Crippen molar-refractivity contribution < 1.29 is 19.1 Å². The van der Waals surface area contributed by atoms with Gasteiger partial charge in [0.05, 0.1) is 11.9 Å². The number of nitrogens with one attached hydrogen (secondary N) is 1. The van der Waals surface area contributed by atoms with Crippen LogP contribution < -0.4 is 10.2 Å². The molecule has 0 radical (unpaired) electrons. The number of urea groups is 1. The molecule has 9 nitrogen and oxygen atoms in total. The number of rotatable bonds is 2. The number of amides is 4. The molecule has 0 aromatic carbocycles. The lowest BCUT2D eigenvalue weighted by atomic mass is 9.85. The standard InChI is InChI=1S/C23H30BrN5O4/c1-13-10-27(22(32)33-23(3,4)5)11-14(2)19(13)29-12-17(24)16-8-15(9-25-20(16)29)28-7-6-18(30)26-21(28)31/h8-9,12-14,19H,6-7,10-11H2,1-5H3,(H,26,30,31)/t13-,14+,19?. The van der Waals surface area contributed by atoms with Crippen LogP contribution in [0.5, 0.6) is 0 Å². The quantitative estimate of drug-likeness (QED) is 0.637. The third-order valence-corrected chi connectivity index (χ3v) is 6.76. The molecule has 178 valence electrons. The Hall–Kier alpha value is -2.62. The summed E-state index contributed by atoms with van der Waals surface area (Å²) in [6, 6.07) is 1.63. The van der Waals surface area contributed by atoms with Gasteiger partial charge in [-0.1, -0.05) is 13.8 Å². The summed E-state index contributed by atoms with van der Waals surface area (Å²) < 4.78 is 8.63. The van der Waals surface area contributed by atoms with Crippen LogP contribution in [0.1, 0.15) is 47.1 Å². The Morgan fingerprint density at radius 3 is 2.48 bits per heavy atom. The number of fused-ring (bicyclic) bond motifs is 1. The van der Waals surface area contributed by atoms with Gasteiger partial charge in [-0.3, -0.25) is 15.0 Å². The number of nitrogens with zero attached hydrogens (tertiary/aromatic N) is 4. The molecule has 1 N–H and O–H groups in total. The molecule has 4 heterocycles. The van der Waals surface area contributed by atoms with Gasteiger partial charge in [0.1, 0.15) is 11.2 Å². The van der Waals surface area contributed by atoms with Crippen molar-refractivity contribution in [3.63, 3.8) is 0 Å². The van der Waals surface area contributed by atoms with Crippen LogP contribution in [0.2, 0.25) is 0 Å². The van der Waals surface area contributed by atoms with Crippen LogP contribution in [-0.4, -0.2) is 57.7 Å². The first kappa shape index (κ1) is 23.5. The Bertz CT molecular complexity index is 1100. The number of halogens is 1. The van der Waals surface area contributed by atoms with Gasteiger partial charge in [0.2, 0.25) is 5.91 Å². The second-order valence-corrected chi connectivity index (χ2v) is 10.9. The van der Waals surface area contributed by atoms with Crippen molar-refractivity contribution in [1.29, 1.82) is 0 Å². The van der Waals surface area contributed by atoms with Gasteiger partial charge < -0.3 is 14.2 Å². The van der Waals surface area contributed by atoms with E-state index in [1.165, 1.54) is 4.90 Å². The third kappa shape index (κ3) is 4.71. The number of ether oxygens (including phenoxy) is 1. The molecule has 1 unspecified atom stereocenters. The molecule has 2 aliphatic rings. The summed E-state index contributed by atoms with van der Waals surface area (Å²) in [5, 5.41) is 3.24. The van der Waals surface area contributed by atoms with Crippen molar-refractivity contribution in [2.75, 3.05) is 24.5 Å². The van der Waals surface area contributed by atoms with E-state index in [0.29, 0.717) is 25.3 Å². The maximum atomic E-state index is 12.6. The van der Waals surface area contributed by atoms with Crippen LogP contribution >= 0.6 is 15.9 Å². The van der Waals surface area contributed by atoms with E-state index in [-0.39, 0.29) is 36.3 Å². The van der Waals surface area contributed by atoms with Crippen molar-refractivity contribution in [3.8, 4) is 0 Å². The van der Waals surface area contributed by atoms with Gasteiger partial charge in [-0.2, -0.15) is 0 Å². The lowest BCUT2D eigenvalue weighted by molar-refractivity contribution is -0.120. The van der Waals surface area contributed by atoms with Crippen LogP contribution in [0, 0.1) is 11.8 Å². The summed E-state index contributed by atoms with van der Waals surface area (Å²) in [6.45, 7) is 11.4. The Morgan fingerprint density at radius 2 is 1.88 bits per heavy atom. The monoisotopic (exact) mass is 519 g/mol. The molecule has 0 bridgehead atoms. The van der Waals surface area contributed by atoms with E-state index in [1.54, 1.807) is 11.1 Å². The highest BCUT2D eigenvalue weighted by Gasteiger charge is 2.37. The van der Waals surface area contributed by atoms with E-state index in [4.69, 9.17) is 9.72 Å². The SMILES string of the molecule is C[C@@H]1CN(C(=O)OC(C)(C)C)C[C@H](C)C1n1cc(Br)c2cc(N3CCC(=O)NC3=O)cnc21. The lowest BCUT2D eigenvalue weighted by Gasteiger charge is -2.42. The molecular formula is C23H30BrN5O4. The smallest absolute Gasteiger partial charge is 0.410 e. The highest BCUT2D eigenvalue weighted by atomic mass is 79.9. The minimum absolute atomic E-state index is 0.145. The summed E-state index contributed by atoms with van der Waals surface area (Å²) in [6.07, 6.45) is 3.68. The zero-order valence-electron chi connectivity index (χ0n) is 19.6. The molecule has 2 aliphatic heterocycles. The van der Waals surface area contributed by atoms with Crippen LogP contribution in [0.3, 0.4) is 0 Å². The van der Waals surface area contributed by atoms with Crippen LogP contribution in [0.4, 0.5) is 15.3 Å². The average Bonchev–Trinajstić information content (AvgIpc) is 3.02. The van der Waals surface area contributed by atoms with E-state index >= 15 is 0 Å². The topological polar surface area (TPSA) is 96.8 Å². The summed E-state index contributed by atoms with van der Waals surface area (Å²) >= 11 is 3.66. The van der Waals surface area contributed by atoms with E-state index in [2.05, 4.69) is 39.7 Å². The van der Waals surface area contributed by atoms with Crippen molar-refractivity contribution >= 4 is 50.7 Å². The molecular weight excluding hydrogens is 490 g/mol. The molecule has 33 heavy (non-hydrogen) atoms. The fourth-order valence-electron chi connectivity index (χ4n) is 4.84. The highest BCUT2D eigenvalue weighted by molar-refractivity contribution is 9.10. The van der Waals surface area contributed by atoms with Gasteiger partial charge in [0, 0.05) is 48.2 Å². The maximum Gasteiger partial charge on any atom is 0.410 e. The summed E-state index contributed by atoms with van der Waals surface area (Å²) in [4.78, 5) is 44.4. The Labute approximate surface area is 201 Å². The molecule has 10 heteroatoms. The minimum Gasteiger partial charge on any atom is -0.444 e. The number of piperidine rings is 1. The zero-order chi connectivity index (χ0) is 24.1. The lowest BCUT2D eigenvalue weighted by Crippen LogP contribution is -2.49. The molecule has 3 atom stereocenters. The Morgan fingerprint density at radius 1 is 1.21 bits per heavy atom. The Balaban J connectivity index is 1.59. The van der Waals surface area contributed by atoms with Gasteiger partial charge >= 0.3 is 12.1 Å². The minimum atomic E-state index is -0.526. The number of carbonyl (C=O) groups is 3. The highest BCUT2D eigenvalue weighted by Crippen LogP contribution is 2.38. The maximum absolute atomic E-state index is 12.6. The first-order chi connectivity index (χ1) is 15.4. The summed E-state index contributed by atoms with van der Waals surface area (Å²) in [5.41, 5.74) is 0.933. The third-order valence-electron chi connectivity index (χ3n) is 6.13. The van der Waals surface area contributed by atoms with Crippen molar-refractivity contribution in [2.45, 2.75) is 52.7 Å². The van der Waals surface area contributed by atoms with Crippen molar-refractivity contribution in [3.05, 3.63) is 22.9 Å². The number of likely N-dealkylation sites (tertiary alicyclic amines) is 1. The van der Waals surface area contributed by atoms with E-state index in [9.17, 15) is 14.4 Å². The largest absolute Gasteiger partial charge is 0.444 e. The number of anilines is 1. The van der Waals surface area contributed by atoms with E-state index < -0.39 is 11.6 Å². The summed E-state index contributed by atoms with van der Waals surface area (Å²) in [7, 11) is 0. The first-order valence-corrected chi connectivity index (χ1v) is 12.0. The van der Waals surface area contributed by atoms with Crippen molar-refractivity contribution in [2.24, 2.45) is 11.8 Å². The molecule has 4 amide bonds. The number of pyridine rings is 1. The van der Waals surface area contributed by atoms with E-state index in [1.807, 2.05) is 33.0 Å². The fraction of sp³-hybridized carbons (Fsp3) is 0.565. The molecule has 2 aromatic rings. The number of aromatic nitrogens is 2. The number of hydrogen-bond acceptors (Lipinski definition) is 5. The Kier molecular flexibility index (Phi) is 6.15. The van der Waals surface area contributed by atoms with Gasteiger partial charge in [-0.05, 0) is 54.6 Å². The number of hydrogen-bond donors (Lipinski definition) is 1. The molecule has 2 saturated heterocycles. The predicted molar refractivity (Wildman–Crippen MR) is 128 cm³/mol. The second kappa shape index (κ2) is 8.62. The average molecular weight is 520 g/mol. The molecule has 0 aliphatic carbocycles. The molecule has 2 aromatic heterocycles. The normalized spacial score (nSPS) is 24.2. The van der Waals surface area contributed by atoms with Gasteiger partial charge in [0.25, 0.3) is 0 Å². The number of imide groups is 1. The fourth-order valence-corrected chi connectivity index (χ4v) is 5.35. The molecule has 0 saturated carbocycles. The van der Waals surface area contributed by atoms with Crippen molar-refractivity contribution in [1.82, 2.24) is 19.8 Å². The van der Waals surface area contributed by atoms with Crippen LogP contribution in [0.15, 0.2) is 22.9 Å². The van der Waals surface area contributed by atoms with Gasteiger partial charge in [0.15, 0.2) is 0 Å². The summed E-state index contributed by atoms with van der Waals surface area (Å²) in [5.74, 6) is 0.103. The number of carbonyl (C=O) groups excluding carboxylic acids is 3. The predicted octanol–water partition coefficient (Wildman–Crippen LogP) is 4.31. The van der Waals surface area contributed by atoms with Gasteiger partial charge in [-0.15, -0.1) is 0 Å². The molecule has 0 spiro atoms.